The van der Waals surface area contributed by atoms with E-state index < -0.39 is 28.1 Å². The van der Waals surface area contributed by atoms with Crippen LogP contribution in [0.15, 0.2) is 47.2 Å². The van der Waals surface area contributed by atoms with E-state index in [2.05, 4.69) is 0 Å². The fourth-order valence-electron chi connectivity index (χ4n) is 4.12. The quantitative estimate of drug-likeness (QED) is 0.591. The number of fused-ring (bicyclic) bond motifs is 1. The molecule has 2 atom stereocenters. The monoisotopic (exact) mass is 379 g/mol. The molecule has 9 heteroatoms. The van der Waals surface area contributed by atoms with E-state index in [1.54, 1.807) is 6.08 Å². The SMILES string of the molecule is CN1CC=C2C(C(=O)O)=C(N)C(C#N)(C#N)[C@@H](c3ccc([N+](=O)[O-])cc3)[C@@H]2C1. The van der Waals surface area contributed by atoms with Crippen LogP contribution in [-0.4, -0.2) is 41.0 Å². The summed E-state index contributed by atoms with van der Waals surface area (Å²) >= 11 is 0. The molecule has 0 saturated heterocycles. The lowest BCUT2D eigenvalue weighted by atomic mass is 9.58. The van der Waals surface area contributed by atoms with Crippen LogP contribution in [0.1, 0.15) is 11.5 Å². The van der Waals surface area contributed by atoms with Crippen molar-refractivity contribution in [3.05, 3.63) is 62.9 Å². The Morgan fingerprint density at radius 2 is 1.96 bits per heavy atom. The summed E-state index contributed by atoms with van der Waals surface area (Å²) in [7, 11) is 1.85. The molecule has 0 aromatic heterocycles. The molecule has 0 spiro atoms. The topological polar surface area (TPSA) is 157 Å². The van der Waals surface area contributed by atoms with Crippen LogP contribution < -0.4 is 5.73 Å². The number of nitriles is 2. The molecule has 1 aromatic carbocycles. The van der Waals surface area contributed by atoms with Crippen molar-refractivity contribution in [1.29, 1.82) is 10.5 Å². The number of aliphatic carboxylic acids is 1. The van der Waals surface area contributed by atoms with Crippen molar-refractivity contribution < 1.29 is 14.8 Å². The van der Waals surface area contributed by atoms with Crippen molar-refractivity contribution in [1.82, 2.24) is 4.90 Å². The summed E-state index contributed by atoms with van der Waals surface area (Å²) in [5.41, 5.74) is 4.63. The van der Waals surface area contributed by atoms with Gasteiger partial charge in [-0.2, -0.15) is 10.5 Å². The highest BCUT2D eigenvalue weighted by molar-refractivity contribution is 5.94. The Bertz CT molecular complexity index is 983. The maximum Gasteiger partial charge on any atom is 0.337 e. The molecule has 0 radical (unpaired) electrons. The number of carboxylic acid groups (broad SMARTS) is 1. The van der Waals surface area contributed by atoms with Gasteiger partial charge >= 0.3 is 5.97 Å². The Morgan fingerprint density at radius 1 is 1.36 bits per heavy atom. The first-order valence-electron chi connectivity index (χ1n) is 8.46. The lowest BCUT2D eigenvalue weighted by Gasteiger charge is -2.45. The summed E-state index contributed by atoms with van der Waals surface area (Å²) in [6.45, 7) is 0.928. The molecule has 3 rings (SSSR count). The van der Waals surface area contributed by atoms with Gasteiger partial charge in [-0.15, -0.1) is 0 Å². The summed E-state index contributed by atoms with van der Waals surface area (Å²) in [4.78, 5) is 24.3. The molecule has 1 aliphatic carbocycles. The zero-order valence-electron chi connectivity index (χ0n) is 15.0. The third-order valence-corrected chi connectivity index (χ3v) is 5.41. The zero-order valence-corrected chi connectivity index (χ0v) is 15.0. The Kier molecular flexibility index (Phi) is 4.63. The molecular formula is C19H17N5O4. The molecule has 1 aromatic rings. The molecule has 0 amide bonds. The minimum absolute atomic E-state index is 0.120. The molecule has 1 heterocycles. The Morgan fingerprint density at radius 3 is 2.46 bits per heavy atom. The van der Waals surface area contributed by atoms with E-state index in [4.69, 9.17) is 5.73 Å². The van der Waals surface area contributed by atoms with Crippen LogP contribution in [-0.2, 0) is 4.79 Å². The van der Waals surface area contributed by atoms with Crippen molar-refractivity contribution in [2.24, 2.45) is 17.1 Å². The molecule has 0 bridgehead atoms. The molecule has 3 N–H and O–H groups in total. The van der Waals surface area contributed by atoms with Crippen LogP contribution in [0, 0.1) is 44.1 Å². The average molecular weight is 379 g/mol. The lowest BCUT2D eigenvalue weighted by molar-refractivity contribution is -0.384. The molecular weight excluding hydrogens is 362 g/mol. The van der Waals surface area contributed by atoms with Crippen LogP contribution in [0.2, 0.25) is 0 Å². The number of rotatable bonds is 3. The maximum atomic E-state index is 11.9. The number of nitro benzene ring substituents is 1. The lowest BCUT2D eigenvalue weighted by Crippen LogP contribution is -2.48. The van der Waals surface area contributed by atoms with E-state index in [1.165, 1.54) is 24.3 Å². The van der Waals surface area contributed by atoms with Gasteiger partial charge in [0.05, 0.1) is 28.3 Å². The highest BCUT2D eigenvalue weighted by atomic mass is 16.6. The van der Waals surface area contributed by atoms with Gasteiger partial charge in [-0.3, -0.25) is 10.1 Å². The molecule has 0 saturated carbocycles. The van der Waals surface area contributed by atoms with Crippen LogP contribution in [0.4, 0.5) is 5.69 Å². The third kappa shape index (κ3) is 2.70. The number of nitrogens with zero attached hydrogens (tertiary/aromatic N) is 4. The second-order valence-corrected chi connectivity index (χ2v) is 6.94. The number of carbonyl (C=O) groups is 1. The molecule has 28 heavy (non-hydrogen) atoms. The van der Waals surface area contributed by atoms with Crippen molar-refractivity contribution in [2.75, 3.05) is 20.1 Å². The number of nitro groups is 1. The van der Waals surface area contributed by atoms with Crippen LogP contribution in [0.5, 0.6) is 0 Å². The number of allylic oxidation sites excluding steroid dienone is 1. The predicted octanol–water partition coefficient (Wildman–Crippen LogP) is 1.51. The third-order valence-electron chi connectivity index (χ3n) is 5.41. The number of carboxylic acids is 1. The first kappa shape index (κ1) is 19.1. The smallest absolute Gasteiger partial charge is 0.337 e. The Labute approximate surface area is 160 Å². The second kappa shape index (κ2) is 6.80. The fourth-order valence-corrected chi connectivity index (χ4v) is 4.12. The van der Waals surface area contributed by atoms with Crippen LogP contribution >= 0.6 is 0 Å². The van der Waals surface area contributed by atoms with Gasteiger partial charge in [0.25, 0.3) is 5.69 Å². The fraction of sp³-hybridized carbons (Fsp3) is 0.316. The highest BCUT2D eigenvalue weighted by Crippen LogP contribution is 2.54. The summed E-state index contributed by atoms with van der Waals surface area (Å²) in [6, 6.07) is 9.50. The number of likely N-dealkylation sites (N-methyl/N-ethyl adjacent to an activating group) is 1. The van der Waals surface area contributed by atoms with Gasteiger partial charge in [-0.1, -0.05) is 18.2 Å². The van der Waals surface area contributed by atoms with E-state index in [9.17, 15) is 30.5 Å². The Balaban J connectivity index is 2.30. The van der Waals surface area contributed by atoms with Gasteiger partial charge in [0.1, 0.15) is 0 Å². The van der Waals surface area contributed by atoms with E-state index in [0.717, 1.165) is 0 Å². The van der Waals surface area contributed by atoms with E-state index in [1.807, 2.05) is 24.1 Å². The van der Waals surface area contributed by atoms with Crippen molar-refractivity contribution in [3.63, 3.8) is 0 Å². The van der Waals surface area contributed by atoms with Gasteiger partial charge in [-0.05, 0) is 18.2 Å². The number of nitrogens with two attached hydrogens (primary N) is 1. The van der Waals surface area contributed by atoms with Gasteiger partial charge in [0, 0.05) is 37.1 Å². The number of hydrogen-bond donors (Lipinski definition) is 2. The zero-order chi connectivity index (χ0) is 20.6. The summed E-state index contributed by atoms with van der Waals surface area (Å²) < 4.78 is 0. The number of non-ortho nitro benzene ring substituents is 1. The molecule has 0 unspecified atom stereocenters. The van der Waals surface area contributed by atoms with E-state index >= 15 is 0 Å². The largest absolute Gasteiger partial charge is 0.478 e. The summed E-state index contributed by atoms with van der Waals surface area (Å²) in [5, 5.41) is 40.5. The molecule has 0 fully saturated rings. The van der Waals surface area contributed by atoms with Crippen molar-refractivity contribution in [2.45, 2.75) is 5.92 Å². The van der Waals surface area contributed by atoms with Gasteiger partial charge in [0.2, 0.25) is 0 Å². The van der Waals surface area contributed by atoms with Crippen LogP contribution in [0.25, 0.3) is 0 Å². The molecule has 9 nitrogen and oxygen atoms in total. The second-order valence-electron chi connectivity index (χ2n) is 6.94. The minimum atomic E-state index is -1.90. The minimum Gasteiger partial charge on any atom is -0.478 e. The maximum absolute atomic E-state index is 11.9. The van der Waals surface area contributed by atoms with Gasteiger partial charge in [0.15, 0.2) is 5.41 Å². The van der Waals surface area contributed by atoms with E-state index in [0.29, 0.717) is 24.2 Å². The summed E-state index contributed by atoms with van der Waals surface area (Å²) in [5.74, 6) is -2.52. The first-order chi connectivity index (χ1) is 13.3. The van der Waals surface area contributed by atoms with Crippen LogP contribution in [0.3, 0.4) is 0 Å². The van der Waals surface area contributed by atoms with Crippen molar-refractivity contribution >= 4 is 11.7 Å². The normalized spacial score (nSPS) is 23.8. The number of hydrogen-bond acceptors (Lipinski definition) is 7. The molecule has 2 aliphatic rings. The average Bonchev–Trinajstić information content (AvgIpc) is 2.67. The van der Waals surface area contributed by atoms with Crippen molar-refractivity contribution in [3.8, 4) is 12.1 Å². The Hall–Kier alpha value is -3.69. The molecule has 142 valence electrons. The molecule has 1 aliphatic heterocycles. The number of benzene rings is 1. The predicted molar refractivity (Wildman–Crippen MR) is 97.4 cm³/mol. The standard InChI is InChI=1S/C19H17N5O4/c1-23-7-6-13-14(8-23)16(11-2-4-12(5-3-11)24(27)28)19(9-20,10-21)17(22)15(13)18(25)26/h2-6,14,16H,7-8,22H2,1H3,(H,25,26)/t14-,16+/m1/s1. The summed E-state index contributed by atoms with van der Waals surface area (Å²) in [6.07, 6.45) is 1.75. The van der Waals surface area contributed by atoms with Gasteiger partial charge < -0.3 is 15.7 Å². The first-order valence-corrected chi connectivity index (χ1v) is 8.46. The highest BCUT2D eigenvalue weighted by Gasteiger charge is 2.55. The van der Waals surface area contributed by atoms with Gasteiger partial charge in [-0.25, -0.2) is 4.79 Å². The van der Waals surface area contributed by atoms with E-state index in [-0.39, 0.29) is 17.0 Å².